The molecule has 0 fully saturated rings. The third-order valence-corrected chi connectivity index (χ3v) is 5.01. The smallest absolute Gasteiger partial charge is 0.244 e. The summed E-state index contributed by atoms with van der Waals surface area (Å²) in [7, 11) is 1.62. The summed E-state index contributed by atoms with van der Waals surface area (Å²) in [4.78, 5) is 13.3. The molecule has 0 aliphatic rings. The average Bonchev–Trinajstić information content (AvgIpc) is 2.64. The zero-order valence-electron chi connectivity index (χ0n) is 14.6. The Morgan fingerprint density at radius 3 is 2.60 bits per heavy atom. The van der Waals surface area contributed by atoms with Gasteiger partial charge in [-0.3, -0.25) is 4.79 Å². The van der Waals surface area contributed by atoms with Crippen LogP contribution in [0.2, 0.25) is 5.02 Å². The number of benzene rings is 2. The van der Waals surface area contributed by atoms with E-state index in [-0.39, 0.29) is 5.91 Å². The molecule has 2 aromatic carbocycles. The van der Waals surface area contributed by atoms with Crippen LogP contribution in [0.1, 0.15) is 18.1 Å². The van der Waals surface area contributed by atoms with Gasteiger partial charge in [-0.1, -0.05) is 35.9 Å². The molecular formula is C20H22ClNO2S. The van der Waals surface area contributed by atoms with E-state index in [0.717, 1.165) is 11.1 Å². The molecule has 3 nitrogen and oxygen atoms in total. The summed E-state index contributed by atoms with van der Waals surface area (Å²) in [5.74, 6) is -0.167. The highest BCUT2D eigenvalue weighted by molar-refractivity contribution is 7.98. The molecule has 0 bridgehead atoms. The molecule has 2 aromatic rings. The highest BCUT2D eigenvalue weighted by Gasteiger charge is 2.26. The molecule has 0 radical (unpaired) electrons. The summed E-state index contributed by atoms with van der Waals surface area (Å²) in [6, 6.07) is 15.5. The molecule has 25 heavy (non-hydrogen) atoms. The van der Waals surface area contributed by atoms with Crippen LogP contribution in [0.15, 0.2) is 59.5 Å². The Kier molecular flexibility index (Phi) is 7.12. The first-order valence-corrected chi connectivity index (χ1v) is 9.48. The van der Waals surface area contributed by atoms with Gasteiger partial charge in [0.15, 0.2) is 0 Å². The Hall–Kier alpha value is -1.75. The topological polar surface area (TPSA) is 38.3 Å². The maximum absolute atomic E-state index is 12.1. The van der Waals surface area contributed by atoms with Crippen LogP contribution in [0.5, 0.6) is 0 Å². The zero-order valence-corrected chi connectivity index (χ0v) is 16.2. The molecule has 0 spiro atoms. The Balaban J connectivity index is 1.98. The number of thioether (sulfide) groups is 1. The summed E-state index contributed by atoms with van der Waals surface area (Å²) >= 11 is 7.74. The fraction of sp³-hybridized carbons (Fsp3) is 0.250. The zero-order chi connectivity index (χ0) is 18.3. The van der Waals surface area contributed by atoms with Gasteiger partial charge < -0.3 is 10.1 Å². The highest BCUT2D eigenvalue weighted by Crippen LogP contribution is 2.26. The molecule has 0 aliphatic heterocycles. The summed E-state index contributed by atoms with van der Waals surface area (Å²) in [6.45, 7) is 2.27. The predicted octanol–water partition coefficient (Wildman–Crippen LogP) is 4.75. The first-order valence-electron chi connectivity index (χ1n) is 7.88. The summed E-state index contributed by atoms with van der Waals surface area (Å²) in [5, 5.41) is 3.53. The van der Waals surface area contributed by atoms with Gasteiger partial charge in [0.1, 0.15) is 5.60 Å². The average molecular weight is 376 g/mol. The number of methoxy groups -OCH3 is 1. The second-order valence-corrected chi connectivity index (χ2v) is 7.09. The molecule has 132 valence electrons. The first-order chi connectivity index (χ1) is 12.0. The highest BCUT2D eigenvalue weighted by atomic mass is 35.5. The standard InChI is InChI=1S/C20H22ClNO2S/c1-20(24-2,16-5-4-6-17(21)13-16)14-22-19(23)12-9-15-7-10-18(25-3)11-8-15/h4-13H,14H2,1-3H3,(H,22,23)/b12-9+. The summed E-state index contributed by atoms with van der Waals surface area (Å²) < 4.78 is 5.62. The number of hydrogen-bond donors (Lipinski definition) is 1. The normalized spacial score (nSPS) is 13.6. The molecule has 2 rings (SSSR count). The van der Waals surface area contributed by atoms with Crippen LogP contribution in [0.3, 0.4) is 0 Å². The lowest BCUT2D eigenvalue weighted by Gasteiger charge is -2.29. The van der Waals surface area contributed by atoms with Crippen LogP contribution in [0.25, 0.3) is 6.08 Å². The van der Waals surface area contributed by atoms with Crippen LogP contribution < -0.4 is 5.32 Å². The molecule has 0 heterocycles. The molecule has 0 aromatic heterocycles. The van der Waals surface area contributed by atoms with Crippen molar-refractivity contribution in [3.63, 3.8) is 0 Å². The minimum absolute atomic E-state index is 0.167. The van der Waals surface area contributed by atoms with Gasteiger partial charge in [-0.2, -0.15) is 0 Å². The second-order valence-electron chi connectivity index (χ2n) is 5.77. The molecule has 1 atom stereocenters. The molecule has 1 N–H and O–H groups in total. The van der Waals surface area contributed by atoms with Gasteiger partial charge in [0.25, 0.3) is 0 Å². The maximum atomic E-state index is 12.1. The molecule has 5 heteroatoms. The van der Waals surface area contributed by atoms with Crippen LogP contribution >= 0.6 is 23.4 Å². The minimum Gasteiger partial charge on any atom is -0.372 e. The Morgan fingerprint density at radius 2 is 2.00 bits per heavy atom. The Bertz CT molecular complexity index is 746. The van der Waals surface area contributed by atoms with Gasteiger partial charge in [0.05, 0.1) is 6.54 Å². The summed E-state index contributed by atoms with van der Waals surface area (Å²) in [5.41, 5.74) is 1.26. The number of hydrogen-bond acceptors (Lipinski definition) is 3. The van der Waals surface area contributed by atoms with E-state index < -0.39 is 5.60 Å². The van der Waals surface area contributed by atoms with Crippen molar-refractivity contribution < 1.29 is 9.53 Å². The Labute approximate surface area is 158 Å². The van der Waals surface area contributed by atoms with Crippen molar-refractivity contribution in [1.82, 2.24) is 5.32 Å². The Morgan fingerprint density at radius 1 is 1.28 bits per heavy atom. The maximum Gasteiger partial charge on any atom is 0.244 e. The summed E-state index contributed by atoms with van der Waals surface area (Å²) in [6.07, 6.45) is 5.36. The number of halogens is 1. The number of rotatable bonds is 7. The van der Waals surface area contributed by atoms with Crippen molar-refractivity contribution in [2.75, 3.05) is 19.9 Å². The van der Waals surface area contributed by atoms with E-state index in [9.17, 15) is 4.79 Å². The van der Waals surface area contributed by atoms with E-state index in [1.54, 1.807) is 24.9 Å². The second kappa shape index (κ2) is 9.09. The monoisotopic (exact) mass is 375 g/mol. The number of carbonyl (C=O) groups excluding carboxylic acids is 1. The number of amides is 1. The quantitative estimate of drug-likeness (QED) is 0.560. The lowest BCUT2D eigenvalue weighted by atomic mass is 9.95. The number of ether oxygens (including phenoxy) is 1. The van der Waals surface area contributed by atoms with Crippen molar-refractivity contribution in [2.24, 2.45) is 0 Å². The number of nitrogens with one attached hydrogen (secondary N) is 1. The molecule has 0 saturated carbocycles. The third-order valence-electron chi connectivity index (χ3n) is 4.03. The lowest BCUT2D eigenvalue weighted by molar-refractivity contribution is -0.118. The van der Waals surface area contributed by atoms with Gasteiger partial charge in [-0.25, -0.2) is 0 Å². The van der Waals surface area contributed by atoms with E-state index in [4.69, 9.17) is 16.3 Å². The molecule has 0 saturated heterocycles. The van der Waals surface area contributed by atoms with E-state index >= 15 is 0 Å². The van der Waals surface area contributed by atoms with Crippen molar-refractivity contribution in [1.29, 1.82) is 0 Å². The van der Waals surface area contributed by atoms with Gasteiger partial charge in [-0.05, 0) is 54.6 Å². The molecule has 0 aliphatic carbocycles. The minimum atomic E-state index is -0.644. The van der Waals surface area contributed by atoms with Crippen LogP contribution in [-0.2, 0) is 15.1 Å². The van der Waals surface area contributed by atoms with Gasteiger partial charge >= 0.3 is 0 Å². The molecule has 1 amide bonds. The van der Waals surface area contributed by atoms with Crippen LogP contribution in [0, 0.1) is 0 Å². The van der Waals surface area contributed by atoms with Gasteiger partial charge in [0, 0.05) is 23.1 Å². The van der Waals surface area contributed by atoms with E-state index in [0.29, 0.717) is 11.6 Å². The van der Waals surface area contributed by atoms with E-state index in [1.165, 1.54) is 11.0 Å². The van der Waals surface area contributed by atoms with Crippen LogP contribution in [-0.4, -0.2) is 25.8 Å². The number of carbonyl (C=O) groups is 1. The third kappa shape index (κ3) is 5.63. The largest absolute Gasteiger partial charge is 0.372 e. The van der Waals surface area contributed by atoms with Crippen LogP contribution in [0.4, 0.5) is 0 Å². The fourth-order valence-corrected chi connectivity index (χ4v) is 2.91. The van der Waals surface area contributed by atoms with E-state index in [1.807, 2.05) is 61.7 Å². The first kappa shape index (κ1) is 19.6. The van der Waals surface area contributed by atoms with Crippen molar-refractivity contribution in [3.05, 3.63) is 70.8 Å². The molecule has 1 unspecified atom stereocenters. The SMILES string of the molecule is COC(C)(CNC(=O)/C=C/c1ccc(SC)cc1)c1cccc(Cl)c1. The van der Waals surface area contributed by atoms with Crippen molar-refractivity contribution >= 4 is 35.3 Å². The van der Waals surface area contributed by atoms with Crippen molar-refractivity contribution in [2.45, 2.75) is 17.4 Å². The predicted molar refractivity (Wildman–Crippen MR) is 106 cm³/mol. The lowest BCUT2D eigenvalue weighted by Crippen LogP contribution is -2.39. The molecular weight excluding hydrogens is 354 g/mol. The van der Waals surface area contributed by atoms with Gasteiger partial charge in [0.2, 0.25) is 5.91 Å². The fourth-order valence-electron chi connectivity index (χ4n) is 2.31. The van der Waals surface area contributed by atoms with Gasteiger partial charge in [-0.15, -0.1) is 11.8 Å². The van der Waals surface area contributed by atoms with E-state index in [2.05, 4.69) is 5.32 Å². The van der Waals surface area contributed by atoms with Crippen molar-refractivity contribution in [3.8, 4) is 0 Å².